The van der Waals surface area contributed by atoms with Crippen LogP contribution in [0.1, 0.15) is 40.5 Å². The summed E-state index contributed by atoms with van der Waals surface area (Å²) in [5.74, 6) is 0.277. The minimum absolute atomic E-state index is 0.107. The minimum Gasteiger partial charge on any atom is -0.469 e. The SMILES string of the molecule is CCC(C)(C)C(C)CC(=O)OC. The van der Waals surface area contributed by atoms with E-state index in [1.54, 1.807) is 0 Å². The van der Waals surface area contributed by atoms with Gasteiger partial charge in [0.15, 0.2) is 0 Å². The van der Waals surface area contributed by atoms with Crippen LogP contribution in [0.5, 0.6) is 0 Å². The Hall–Kier alpha value is -0.530. The standard InChI is InChI=1S/C10H20O2/c1-6-10(3,4)8(2)7-9(11)12-5/h8H,6-7H2,1-5H3. The molecule has 1 atom stereocenters. The van der Waals surface area contributed by atoms with Gasteiger partial charge in [0.25, 0.3) is 0 Å². The maximum atomic E-state index is 11.0. The van der Waals surface area contributed by atoms with Gasteiger partial charge in [-0.15, -0.1) is 0 Å². The first-order valence-electron chi connectivity index (χ1n) is 4.50. The van der Waals surface area contributed by atoms with Crippen LogP contribution in [0, 0.1) is 11.3 Å². The molecule has 0 N–H and O–H groups in total. The third-order valence-corrected chi connectivity index (χ3v) is 2.95. The highest BCUT2D eigenvalue weighted by Crippen LogP contribution is 2.32. The Bertz CT molecular complexity index is 150. The molecule has 0 aromatic rings. The fraction of sp³-hybridized carbons (Fsp3) is 0.900. The van der Waals surface area contributed by atoms with E-state index in [1.807, 2.05) is 0 Å². The van der Waals surface area contributed by atoms with Crippen molar-refractivity contribution in [1.29, 1.82) is 0 Å². The molecule has 2 heteroatoms. The lowest BCUT2D eigenvalue weighted by atomic mass is 9.76. The van der Waals surface area contributed by atoms with Gasteiger partial charge in [-0.25, -0.2) is 0 Å². The summed E-state index contributed by atoms with van der Waals surface area (Å²) in [4.78, 5) is 11.0. The average Bonchev–Trinajstić information content (AvgIpc) is 2.04. The van der Waals surface area contributed by atoms with Crippen molar-refractivity contribution in [2.24, 2.45) is 11.3 Å². The summed E-state index contributed by atoms with van der Waals surface area (Å²) < 4.78 is 4.62. The predicted molar refractivity (Wildman–Crippen MR) is 49.9 cm³/mol. The van der Waals surface area contributed by atoms with Crippen LogP contribution in [-0.4, -0.2) is 13.1 Å². The van der Waals surface area contributed by atoms with Gasteiger partial charge in [0.1, 0.15) is 0 Å². The number of hydrogen-bond acceptors (Lipinski definition) is 2. The summed E-state index contributed by atoms with van der Waals surface area (Å²) in [7, 11) is 1.44. The van der Waals surface area contributed by atoms with Crippen molar-refractivity contribution < 1.29 is 9.53 Å². The molecular weight excluding hydrogens is 152 g/mol. The van der Waals surface area contributed by atoms with Crippen LogP contribution in [0.15, 0.2) is 0 Å². The summed E-state index contributed by atoms with van der Waals surface area (Å²) in [5.41, 5.74) is 0.230. The first-order valence-corrected chi connectivity index (χ1v) is 4.50. The van der Waals surface area contributed by atoms with E-state index >= 15 is 0 Å². The summed E-state index contributed by atoms with van der Waals surface area (Å²) in [5, 5.41) is 0. The molecule has 0 spiro atoms. The van der Waals surface area contributed by atoms with E-state index in [0.717, 1.165) is 6.42 Å². The Balaban J connectivity index is 4.02. The Kier molecular flexibility index (Phi) is 4.29. The zero-order valence-corrected chi connectivity index (χ0v) is 8.81. The topological polar surface area (TPSA) is 26.3 Å². The van der Waals surface area contributed by atoms with E-state index in [9.17, 15) is 4.79 Å². The van der Waals surface area contributed by atoms with Crippen LogP contribution in [0.3, 0.4) is 0 Å². The molecule has 0 aliphatic carbocycles. The van der Waals surface area contributed by atoms with Crippen molar-refractivity contribution in [3.63, 3.8) is 0 Å². The molecule has 0 radical (unpaired) electrons. The molecule has 0 aliphatic heterocycles. The molecule has 0 rings (SSSR count). The van der Waals surface area contributed by atoms with E-state index in [0.29, 0.717) is 12.3 Å². The van der Waals surface area contributed by atoms with Crippen LogP contribution < -0.4 is 0 Å². The van der Waals surface area contributed by atoms with Gasteiger partial charge in [-0.1, -0.05) is 34.1 Å². The number of esters is 1. The van der Waals surface area contributed by atoms with Crippen LogP contribution in [0.2, 0.25) is 0 Å². The lowest BCUT2D eigenvalue weighted by Crippen LogP contribution is -2.23. The fourth-order valence-corrected chi connectivity index (χ4v) is 0.958. The molecule has 0 aliphatic rings. The van der Waals surface area contributed by atoms with Crippen LogP contribution >= 0.6 is 0 Å². The van der Waals surface area contributed by atoms with Gasteiger partial charge < -0.3 is 4.74 Å². The van der Waals surface area contributed by atoms with Crippen molar-refractivity contribution in [2.75, 3.05) is 7.11 Å². The first-order chi connectivity index (χ1) is 5.44. The molecular formula is C10H20O2. The van der Waals surface area contributed by atoms with Crippen LogP contribution in [-0.2, 0) is 9.53 Å². The van der Waals surface area contributed by atoms with Crippen molar-refractivity contribution >= 4 is 5.97 Å². The number of hydrogen-bond donors (Lipinski definition) is 0. The summed E-state index contributed by atoms with van der Waals surface area (Å²) in [6, 6.07) is 0. The molecule has 0 heterocycles. The van der Waals surface area contributed by atoms with Gasteiger partial charge in [-0.2, -0.15) is 0 Å². The van der Waals surface area contributed by atoms with E-state index in [1.165, 1.54) is 7.11 Å². The molecule has 0 aromatic heterocycles. The number of ether oxygens (including phenoxy) is 1. The zero-order chi connectivity index (χ0) is 9.78. The predicted octanol–water partition coefficient (Wildman–Crippen LogP) is 2.62. The fourth-order valence-electron chi connectivity index (χ4n) is 0.958. The van der Waals surface area contributed by atoms with Crippen LogP contribution in [0.4, 0.5) is 0 Å². The molecule has 0 saturated heterocycles. The van der Waals surface area contributed by atoms with E-state index in [4.69, 9.17) is 0 Å². The summed E-state index contributed by atoms with van der Waals surface area (Å²) >= 11 is 0. The molecule has 0 fully saturated rings. The molecule has 12 heavy (non-hydrogen) atoms. The van der Waals surface area contributed by atoms with Crippen molar-refractivity contribution in [3.05, 3.63) is 0 Å². The summed E-state index contributed by atoms with van der Waals surface area (Å²) in [6.07, 6.45) is 1.61. The van der Waals surface area contributed by atoms with Crippen molar-refractivity contribution in [1.82, 2.24) is 0 Å². The van der Waals surface area contributed by atoms with Gasteiger partial charge in [-0.3, -0.25) is 4.79 Å². The third kappa shape index (κ3) is 3.24. The molecule has 0 bridgehead atoms. The average molecular weight is 172 g/mol. The molecule has 1 unspecified atom stereocenters. The largest absolute Gasteiger partial charge is 0.469 e. The second-order valence-corrected chi connectivity index (χ2v) is 4.02. The minimum atomic E-state index is -0.107. The maximum absolute atomic E-state index is 11.0. The van der Waals surface area contributed by atoms with Crippen molar-refractivity contribution in [2.45, 2.75) is 40.5 Å². The van der Waals surface area contributed by atoms with E-state index in [2.05, 4.69) is 32.4 Å². The lowest BCUT2D eigenvalue weighted by Gasteiger charge is -2.29. The number of rotatable bonds is 4. The van der Waals surface area contributed by atoms with Gasteiger partial charge in [-0.05, 0) is 11.3 Å². The zero-order valence-electron chi connectivity index (χ0n) is 8.81. The van der Waals surface area contributed by atoms with Gasteiger partial charge in [0.2, 0.25) is 0 Å². The normalized spacial score (nSPS) is 14.1. The van der Waals surface area contributed by atoms with Gasteiger partial charge in [0, 0.05) is 6.42 Å². The smallest absolute Gasteiger partial charge is 0.305 e. The number of carbonyl (C=O) groups is 1. The maximum Gasteiger partial charge on any atom is 0.305 e. The Morgan fingerprint density at radius 1 is 1.50 bits per heavy atom. The number of carbonyl (C=O) groups excluding carboxylic acids is 1. The highest BCUT2D eigenvalue weighted by atomic mass is 16.5. The second-order valence-electron chi connectivity index (χ2n) is 4.02. The van der Waals surface area contributed by atoms with E-state index in [-0.39, 0.29) is 11.4 Å². The number of methoxy groups -OCH3 is 1. The molecule has 72 valence electrons. The van der Waals surface area contributed by atoms with Gasteiger partial charge in [0.05, 0.1) is 7.11 Å². The molecule has 2 nitrogen and oxygen atoms in total. The van der Waals surface area contributed by atoms with Gasteiger partial charge >= 0.3 is 5.97 Å². The third-order valence-electron chi connectivity index (χ3n) is 2.95. The molecule has 0 aromatic carbocycles. The highest BCUT2D eigenvalue weighted by Gasteiger charge is 2.25. The second kappa shape index (κ2) is 4.48. The molecule has 0 saturated carbocycles. The summed E-state index contributed by atoms with van der Waals surface area (Å²) in [6.45, 7) is 8.61. The lowest BCUT2D eigenvalue weighted by molar-refractivity contribution is -0.142. The Morgan fingerprint density at radius 2 is 2.00 bits per heavy atom. The van der Waals surface area contributed by atoms with Crippen LogP contribution in [0.25, 0.3) is 0 Å². The molecule has 0 amide bonds. The quantitative estimate of drug-likeness (QED) is 0.609. The first kappa shape index (κ1) is 11.5. The Morgan fingerprint density at radius 3 is 2.33 bits per heavy atom. The van der Waals surface area contributed by atoms with E-state index < -0.39 is 0 Å². The Labute approximate surface area is 75.3 Å². The monoisotopic (exact) mass is 172 g/mol. The van der Waals surface area contributed by atoms with Crippen molar-refractivity contribution in [3.8, 4) is 0 Å². The highest BCUT2D eigenvalue weighted by molar-refractivity contribution is 5.69.